The van der Waals surface area contributed by atoms with Gasteiger partial charge in [0.2, 0.25) is 0 Å². The molecule has 0 unspecified atom stereocenters. The largest absolute Gasteiger partial charge is 0.506 e. The van der Waals surface area contributed by atoms with Crippen molar-refractivity contribution in [3.63, 3.8) is 0 Å². The number of carboxylic acids is 1. The van der Waals surface area contributed by atoms with Crippen molar-refractivity contribution in [2.75, 3.05) is 0 Å². The SMILES string of the molecule is CCCCCCCCc1ccc(O)c(N=Nc2cccc(C(=O)O)c2)c1. The number of unbranched alkanes of at least 4 members (excludes halogenated alkanes) is 5. The van der Waals surface area contributed by atoms with E-state index in [9.17, 15) is 9.90 Å². The lowest BCUT2D eigenvalue weighted by Gasteiger charge is -2.04. The van der Waals surface area contributed by atoms with Crippen LogP contribution in [0.2, 0.25) is 0 Å². The van der Waals surface area contributed by atoms with Crippen LogP contribution in [0.3, 0.4) is 0 Å². The maximum Gasteiger partial charge on any atom is 0.335 e. The number of hydrogen-bond donors (Lipinski definition) is 2. The summed E-state index contributed by atoms with van der Waals surface area (Å²) in [6, 6.07) is 11.6. The molecule has 26 heavy (non-hydrogen) atoms. The summed E-state index contributed by atoms with van der Waals surface area (Å²) in [5.41, 5.74) is 2.11. The minimum absolute atomic E-state index is 0.0647. The van der Waals surface area contributed by atoms with Gasteiger partial charge in [-0.3, -0.25) is 0 Å². The number of aryl methyl sites for hydroxylation is 1. The maximum absolute atomic E-state index is 11.0. The molecule has 0 aromatic heterocycles. The number of carbonyl (C=O) groups is 1. The Bertz CT molecular complexity index is 757. The summed E-state index contributed by atoms with van der Waals surface area (Å²) in [5, 5.41) is 27.1. The van der Waals surface area contributed by atoms with Crippen LogP contribution in [-0.2, 0) is 6.42 Å². The van der Waals surface area contributed by atoms with Gasteiger partial charge in [-0.2, -0.15) is 5.11 Å². The van der Waals surface area contributed by atoms with Gasteiger partial charge in [-0.1, -0.05) is 51.2 Å². The third-order valence-electron chi connectivity index (χ3n) is 4.23. The number of phenols is 1. The van der Waals surface area contributed by atoms with Gasteiger partial charge in [0.1, 0.15) is 11.4 Å². The Balaban J connectivity index is 1.98. The molecule has 0 aliphatic heterocycles. The number of nitrogens with zero attached hydrogens (tertiary/aromatic N) is 2. The first-order chi connectivity index (χ1) is 12.6. The Morgan fingerprint density at radius 1 is 0.962 bits per heavy atom. The van der Waals surface area contributed by atoms with Crippen LogP contribution in [0, 0.1) is 0 Å². The molecule has 138 valence electrons. The van der Waals surface area contributed by atoms with E-state index in [1.165, 1.54) is 44.2 Å². The van der Waals surface area contributed by atoms with Crippen molar-refractivity contribution in [2.45, 2.75) is 51.9 Å². The molecule has 0 amide bonds. The molecule has 2 aromatic carbocycles. The van der Waals surface area contributed by atoms with E-state index in [1.807, 2.05) is 12.1 Å². The van der Waals surface area contributed by atoms with Crippen LogP contribution in [0.5, 0.6) is 5.75 Å². The van der Waals surface area contributed by atoms with E-state index in [1.54, 1.807) is 18.2 Å². The monoisotopic (exact) mass is 354 g/mol. The minimum atomic E-state index is -1.01. The predicted molar refractivity (Wildman–Crippen MR) is 103 cm³/mol. The summed E-state index contributed by atoms with van der Waals surface area (Å²) in [7, 11) is 0. The van der Waals surface area contributed by atoms with Crippen molar-refractivity contribution in [3.05, 3.63) is 53.6 Å². The number of azo groups is 1. The molecule has 0 aliphatic rings. The molecule has 5 heteroatoms. The second-order valence-corrected chi connectivity index (χ2v) is 6.40. The van der Waals surface area contributed by atoms with Gasteiger partial charge in [-0.25, -0.2) is 4.79 Å². The van der Waals surface area contributed by atoms with E-state index < -0.39 is 5.97 Å². The number of phenolic OH excluding ortho intramolecular Hbond substituents is 1. The van der Waals surface area contributed by atoms with Crippen LogP contribution >= 0.6 is 0 Å². The molecule has 0 radical (unpaired) electrons. The first-order valence-corrected chi connectivity index (χ1v) is 9.17. The smallest absolute Gasteiger partial charge is 0.335 e. The van der Waals surface area contributed by atoms with Gasteiger partial charge >= 0.3 is 5.97 Å². The van der Waals surface area contributed by atoms with Crippen molar-refractivity contribution < 1.29 is 15.0 Å². The summed E-state index contributed by atoms with van der Waals surface area (Å²) < 4.78 is 0. The summed E-state index contributed by atoms with van der Waals surface area (Å²) in [6.45, 7) is 2.21. The Hall–Kier alpha value is -2.69. The molecular formula is C21H26N2O3. The summed E-state index contributed by atoms with van der Waals surface area (Å²) in [6.07, 6.45) is 8.38. The van der Waals surface area contributed by atoms with Gasteiger partial charge in [0, 0.05) is 0 Å². The third-order valence-corrected chi connectivity index (χ3v) is 4.23. The molecule has 5 nitrogen and oxygen atoms in total. The van der Waals surface area contributed by atoms with Gasteiger partial charge in [0.05, 0.1) is 11.3 Å². The van der Waals surface area contributed by atoms with Gasteiger partial charge in [-0.05, 0) is 48.7 Å². The zero-order valence-electron chi connectivity index (χ0n) is 15.2. The lowest BCUT2D eigenvalue weighted by Crippen LogP contribution is -1.94. The zero-order chi connectivity index (χ0) is 18.8. The average Bonchev–Trinajstić information content (AvgIpc) is 2.65. The molecule has 2 rings (SSSR count). The molecule has 0 aliphatic carbocycles. The Labute approximate surface area is 154 Å². The second-order valence-electron chi connectivity index (χ2n) is 6.40. The number of benzene rings is 2. The van der Waals surface area contributed by atoms with E-state index >= 15 is 0 Å². The van der Waals surface area contributed by atoms with Crippen LogP contribution < -0.4 is 0 Å². The van der Waals surface area contributed by atoms with Gasteiger partial charge in [0.15, 0.2) is 0 Å². The first-order valence-electron chi connectivity index (χ1n) is 9.17. The van der Waals surface area contributed by atoms with E-state index in [4.69, 9.17) is 5.11 Å². The van der Waals surface area contributed by atoms with Crippen LogP contribution in [0.1, 0.15) is 61.4 Å². The minimum Gasteiger partial charge on any atom is -0.506 e. The maximum atomic E-state index is 11.0. The van der Waals surface area contributed by atoms with Crippen LogP contribution in [0.15, 0.2) is 52.7 Å². The van der Waals surface area contributed by atoms with Crippen molar-refractivity contribution in [3.8, 4) is 5.75 Å². The second kappa shape index (κ2) is 10.3. The normalized spacial score (nSPS) is 11.1. The first kappa shape index (κ1) is 19.6. The highest BCUT2D eigenvalue weighted by molar-refractivity contribution is 5.88. The molecule has 0 saturated carbocycles. The van der Waals surface area contributed by atoms with Gasteiger partial charge in [0.25, 0.3) is 0 Å². The lowest BCUT2D eigenvalue weighted by molar-refractivity contribution is 0.0697. The third kappa shape index (κ3) is 6.31. The van der Waals surface area contributed by atoms with Gasteiger partial charge < -0.3 is 10.2 Å². The molecule has 2 N–H and O–H groups in total. The average molecular weight is 354 g/mol. The molecule has 0 bridgehead atoms. The van der Waals surface area contributed by atoms with Crippen molar-refractivity contribution in [2.24, 2.45) is 10.2 Å². The highest BCUT2D eigenvalue weighted by Gasteiger charge is 2.05. The van der Waals surface area contributed by atoms with E-state index in [0.29, 0.717) is 11.4 Å². The van der Waals surface area contributed by atoms with E-state index in [-0.39, 0.29) is 11.3 Å². The molecular weight excluding hydrogens is 328 g/mol. The van der Waals surface area contributed by atoms with Crippen molar-refractivity contribution in [1.82, 2.24) is 0 Å². The number of aromatic hydroxyl groups is 1. The standard InChI is InChI=1S/C21H26N2O3/c1-2-3-4-5-6-7-9-16-12-13-20(24)19(14-16)23-22-18-11-8-10-17(15-18)21(25)26/h8,10-15,24H,2-7,9H2,1H3,(H,25,26). The highest BCUT2D eigenvalue weighted by Crippen LogP contribution is 2.30. The van der Waals surface area contributed by atoms with E-state index in [2.05, 4.69) is 17.2 Å². The highest BCUT2D eigenvalue weighted by atomic mass is 16.4. The quantitative estimate of drug-likeness (QED) is 0.382. The number of rotatable bonds is 10. The predicted octanol–water partition coefficient (Wildman–Crippen LogP) is 6.41. The molecule has 0 spiro atoms. The number of aromatic carboxylic acids is 1. The van der Waals surface area contributed by atoms with Crippen molar-refractivity contribution >= 4 is 17.3 Å². The summed E-state index contributed by atoms with van der Waals surface area (Å²) in [4.78, 5) is 11.0. The molecule has 2 aromatic rings. The van der Waals surface area contributed by atoms with Crippen LogP contribution in [0.25, 0.3) is 0 Å². The molecule has 0 atom stereocenters. The summed E-state index contributed by atoms with van der Waals surface area (Å²) in [5.74, 6) is -0.944. The number of carboxylic acid groups (broad SMARTS) is 1. The fourth-order valence-electron chi connectivity index (χ4n) is 2.73. The fourth-order valence-corrected chi connectivity index (χ4v) is 2.73. The Morgan fingerprint density at radius 2 is 1.73 bits per heavy atom. The Kier molecular flexibility index (Phi) is 7.80. The lowest BCUT2D eigenvalue weighted by atomic mass is 10.0. The van der Waals surface area contributed by atoms with E-state index in [0.717, 1.165) is 18.4 Å². The molecule has 0 saturated heterocycles. The zero-order valence-corrected chi connectivity index (χ0v) is 15.2. The Morgan fingerprint density at radius 3 is 2.50 bits per heavy atom. The molecule has 0 heterocycles. The topological polar surface area (TPSA) is 82.2 Å². The fraction of sp³-hybridized carbons (Fsp3) is 0.381. The van der Waals surface area contributed by atoms with Crippen LogP contribution in [0.4, 0.5) is 11.4 Å². The summed E-state index contributed by atoms with van der Waals surface area (Å²) >= 11 is 0. The van der Waals surface area contributed by atoms with Crippen molar-refractivity contribution in [1.29, 1.82) is 0 Å². The number of hydrogen-bond acceptors (Lipinski definition) is 4. The van der Waals surface area contributed by atoms with Gasteiger partial charge in [-0.15, -0.1) is 5.11 Å². The van der Waals surface area contributed by atoms with Crippen LogP contribution in [-0.4, -0.2) is 16.2 Å². The molecule has 0 fully saturated rings.